The van der Waals surface area contributed by atoms with Crippen LogP contribution >= 0.6 is 0 Å². The molecule has 0 spiro atoms. The van der Waals surface area contributed by atoms with E-state index in [0.717, 1.165) is 36.0 Å². The summed E-state index contributed by atoms with van der Waals surface area (Å²) < 4.78 is 6.39. The van der Waals surface area contributed by atoms with Crippen LogP contribution < -0.4 is 10.1 Å². The van der Waals surface area contributed by atoms with Crippen molar-refractivity contribution >= 4 is 23.2 Å². The highest BCUT2D eigenvalue weighted by Crippen LogP contribution is 2.67. The van der Waals surface area contributed by atoms with Crippen LogP contribution in [0.4, 0.5) is 5.95 Å². The molecule has 0 saturated heterocycles. The zero-order valence-corrected chi connectivity index (χ0v) is 19.7. The Balaban J connectivity index is 1.41. The molecule has 0 radical (unpaired) electrons. The number of nitrogens with one attached hydrogen (secondary N) is 2. The maximum Gasteiger partial charge on any atom is 0.250 e. The van der Waals surface area contributed by atoms with Crippen molar-refractivity contribution in [1.82, 2.24) is 29.9 Å². The average molecular weight is 476 g/mol. The quantitative estimate of drug-likeness (QED) is 0.381. The molecule has 3 heterocycles. The van der Waals surface area contributed by atoms with Gasteiger partial charge >= 0.3 is 0 Å². The number of imidazole rings is 1. The summed E-state index contributed by atoms with van der Waals surface area (Å²) in [6, 6.07) is 8.35. The van der Waals surface area contributed by atoms with Gasteiger partial charge in [-0.3, -0.25) is 0 Å². The van der Waals surface area contributed by atoms with Gasteiger partial charge in [0.25, 0.3) is 5.88 Å². The minimum atomic E-state index is -0.195. The summed E-state index contributed by atoms with van der Waals surface area (Å²) in [7, 11) is 0. The molecule has 3 saturated carbocycles. The zero-order chi connectivity index (χ0) is 24.9. The van der Waals surface area contributed by atoms with Gasteiger partial charge in [-0.05, 0) is 68.0 Å². The lowest BCUT2D eigenvalue weighted by Gasteiger charge is -2.66. The Labute approximate surface area is 206 Å². The summed E-state index contributed by atoms with van der Waals surface area (Å²) in [6.45, 7) is 3.90. The Kier molecular flexibility index (Phi) is 4.73. The second-order valence-corrected chi connectivity index (χ2v) is 9.64. The minimum Gasteiger partial charge on any atom is -0.436 e. The smallest absolute Gasteiger partial charge is 0.250 e. The normalized spacial score (nSPS) is 21.9. The summed E-state index contributed by atoms with van der Waals surface area (Å²) in [4.78, 5) is 25.4. The van der Waals surface area contributed by atoms with E-state index >= 15 is 0 Å². The molecule has 7 rings (SSSR count). The van der Waals surface area contributed by atoms with Gasteiger partial charge in [-0.15, -0.1) is 0 Å². The fourth-order valence-corrected chi connectivity index (χ4v) is 5.31. The number of anilines is 1. The fourth-order valence-electron chi connectivity index (χ4n) is 5.31. The maximum absolute atomic E-state index is 9.37. The molecule has 1 aromatic carbocycles. The molecule has 10 heteroatoms. The Morgan fingerprint density at radius 2 is 1.78 bits per heavy atom. The van der Waals surface area contributed by atoms with Crippen LogP contribution in [0.1, 0.15) is 36.0 Å². The number of nitrogens with zero attached hydrogens (tertiary/aromatic N) is 7. The van der Waals surface area contributed by atoms with Crippen molar-refractivity contribution in [3.8, 4) is 35.2 Å². The number of fused-ring (bicyclic) bond motifs is 1. The fraction of sp³-hybridized carbons (Fsp3) is 0.269. The summed E-state index contributed by atoms with van der Waals surface area (Å²) in [5.41, 5.74) is 4.10. The predicted molar refractivity (Wildman–Crippen MR) is 132 cm³/mol. The van der Waals surface area contributed by atoms with E-state index in [4.69, 9.17) is 15.0 Å². The molecule has 3 aliphatic rings. The zero-order valence-electron chi connectivity index (χ0n) is 19.7. The summed E-state index contributed by atoms with van der Waals surface area (Å²) in [5.74, 6) is 1.98. The molecule has 2 bridgehead atoms. The number of benzene rings is 1. The van der Waals surface area contributed by atoms with Gasteiger partial charge in [-0.1, -0.05) is 0 Å². The Morgan fingerprint density at radius 1 is 1.06 bits per heavy atom. The number of ether oxygens (including phenoxy) is 1. The summed E-state index contributed by atoms with van der Waals surface area (Å²) >= 11 is 0. The second-order valence-electron chi connectivity index (χ2n) is 9.64. The van der Waals surface area contributed by atoms with Gasteiger partial charge in [0, 0.05) is 24.0 Å². The first-order chi connectivity index (χ1) is 17.4. The highest BCUT2D eigenvalue weighted by atomic mass is 16.5. The molecule has 0 amide bonds. The third kappa shape index (κ3) is 3.51. The van der Waals surface area contributed by atoms with E-state index in [9.17, 15) is 5.26 Å². The molecule has 176 valence electrons. The number of nitriles is 2. The van der Waals surface area contributed by atoms with Crippen LogP contribution in [-0.2, 0) is 0 Å². The van der Waals surface area contributed by atoms with Gasteiger partial charge in [-0.25, -0.2) is 15.0 Å². The van der Waals surface area contributed by atoms with E-state index in [1.165, 1.54) is 12.4 Å². The SMILES string of the molecule is Cc1cc(/C=C/C#N)cc(C)c1Oc1nc(NC23CC(C#N)(C2)C3)nc2nc(-c3cncnc3)[nH]c12. The van der Waals surface area contributed by atoms with E-state index in [1.807, 2.05) is 32.0 Å². The molecule has 4 aromatic rings. The number of aromatic amines is 1. The largest absolute Gasteiger partial charge is 0.436 e. The first-order valence-corrected chi connectivity index (χ1v) is 11.5. The minimum absolute atomic E-state index is 0.145. The lowest BCUT2D eigenvalue weighted by molar-refractivity contribution is -0.0665. The third-order valence-electron chi connectivity index (χ3n) is 6.83. The lowest BCUT2D eigenvalue weighted by Crippen LogP contribution is -2.70. The predicted octanol–water partition coefficient (Wildman–Crippen LogP) is 4.61. The van der Waals surface area contributed by atoms with Crippen molar-refractivity contribution in [2.75, 3.05) is 5.32 Å². The van der Waals surface area contributed by atoms with E-state index in [1.54, 1.807) is 18.5 Å². The van der Waals surface area contributed by atoms with E-state index in [2.05, 4.69) is 36.3 Å². The molecule has 3 aromatic heterocycles. The van der Waals surface area contributed by atoms with Gasteiger partial charge in [0.2, 0.25) is 5.95 Å². The van der Waals surface area contributed by atoms with Crippen molar-refractivity contribution in [1.29, 1.82) is 10.5 Å². The van der Waals surface area contributed by atoms with Crippen LogP contribution in [0.25, 0.3) is 28.6 Å². The van der Waals surface area contributed by atoms with Crippen LogP contribution in [0, 0.1) is 41.9 Å². The molecule has 0 atom stereocenters. The Hall–Kier alpha value is -4.83. The monoisotopic (exact) mass is 475 g/mol. The molecular weight excluding hydrogens is 454 g/mol. The van der Waals surface area contributed by atoms with Crippen molar-refractivity contribution in [3.63, 3.8) is 0 Å². The summed E-state index contributed by atoms with van der Waals surface area (Å²) in [5, 5.41) is 21.7. The highest BCUT2D eigenvalue weighted by molar-refractivity contribution is 5.81. The van der Waals surface area contributed by atoms with E-state index in [-0.39, 0.29) is 11.0 Å². The number of allylic oxidation sites excluding steroid dienone is 1. The van der Waals surface area contributed by atoms with Gasteiger partial charge in [0.1, 0.15) is 23.4 Å². The van der Waals surface area contributed by atoms with Crippen molar-refractivity contribution in [2.45, 2.75) is 38.6 Å². The molecule has 3 aliphatic carbocycles. The molecule has 0 aliphatic heterocycles. The second kappa shape index (κ2) is 7.85. The van der Waals surface area contributed by atoms with Crippen molar-refractivity contribution in [3.05, 3.63) is 53.6 Å². The Morgan fingerprint density at radius 3 is 2.44 bits per heavy atom. The topological polar surface area (TPSA) is 149 Å². The van der Waals surface area contributed by atoms with Crippen molar-refractivity contribution < 1.29 is 4.74 Å². The highest BCUT2D eigenvalue weighted by Gasteiger charge is 2.69. The van der Waals surface area contributed by atoms with Crippen LogP contribution in [0.15, 0.2) is 36.9 Å². The molecule has 3 fully saturated rings. The van der Waals surface area contributed by atoms with E-state index in [0.29, 0.717) is 40.1 Å². The third-order valence-corrected chi connectivity index (χ3v) is 6.83. The van der Waals surface area contributed by atoms with E-state index < -0.39 is 0 Å². The lowest BCUT2D eigenvalue weighted by atomic mass is 9.40. The van der Waals surface area contributed by atoms with Gasteiger partial charge < -0.3 is 15.0 Å². The van der Waals surface area contributed by atoms with Gasteiger partial charge in [-0.2, -0.15) is 20.5 Å². The van der Waals surface area contributed by atoms with Gasteiger partial charge in [0.15, 0.2) is 5.65 Å². The van der Waals surface area contributed by atoms with Crippen LogP contribution in [-0.4, -0.2) is 35.4 Å². The first-order valence-electron chi connectivity index (χ1n) is 11.5. The van der Waals surface area contributed by atoms with Crippen LogP contribution in [0.3, 0.4) is 0 Å². The molecule has 2 N–H and O–H groups in total. The number of aryl methyl sites for hydroxylation is 2. The maximum atomic E-state index is 9.37. The van der Waals surface area contributed by atoms with Gasteiger partial charge in [0.05, 0.1) is 23.1 Å². The summed E-state index contributed by atoms with van der Waals surface area (Å²) in [6.07, 6.45) is 10.4. The standard InChI is InChI=1S/C26H21N9O/c1-15-6-17(4-3-5-27)7-16(2)20(15)36-23-19-22(32-21(31-19)18-8-29-14-30-9-18)33-24(34-23)35-26-10-25(11-26,12-26)13-28/h3-4,6-9,14H,10-12H2,1-2H3,(H2,31,32,33,34,35)/b4-3+. The van der Waals surface area contributed by atoms with Crippen LogP contribution in [0.5, 0.6) is 11.6 Å². The average Bonchev–Trinajstić information content (AvgIpc) is 3.26. The first kappa shape index (κ1) is 21.7. The van der Waals surface area contributed by atoms with Crippen molar-refractivity contribution in [2.24, 2.45) is 5.41 Å². The Bertz CT molecular complexity index is 1580. The molecule has 36 heavy (non-hydrogen) atoms. The number of hydrogen-bond acceptors (Lipinski definition) is 9. The number of rotatable bonds is 6. The number of H-pyrrole nitrogens is 1. The number of hydrogen-bond donors (Lipinski definition) is 2. The van der Waals surface area contributed by atoms with Crippen LogP contribution in [0.2, 0.25) is 0 Å². The molecule has 10 nitrogen and oxygen atoms in total. The molecular formula is C26H21N9O. The molecule has 0 unspecified atom stereocenters. The number of aromatic nitrogens is 6.